The summed E-state index contributed by atoms with van der Waals surface area (Å²) < 4.78 is 0. The van der Waals surface area contributed by atoms with Crippen LogP contribution in [0.5, 0.6) is 0 Å². The highest BCUT2D eigenvalue weighted by atomic mass is 16.4. The molecule has 0 radical (unpaired) electrons. The van der Waals surface area contributed by atoms with E-state index in [1.165, 1.54) is 0 Å². The first-order chi connectivity index (χ1) is 12.9. The Morgan fingerprint density at radius 1 is 0.926 bits per heavy atom. The summed E-state index contributed by atoms with van der Waals surface area (Å²) in [6.07, 6.45) is 0.911. The van der Waals surface area contributed by atoms with E-state index in [0.29, 0.717) is 18.5 Å². The molecule has 0 bridgehead atoms. The molecule has 2 amide bonds. The SMILES string of the molecule is CC(Cc1ccc(NC(=O)CCNC(=O)Cc2ccccc2)cc1)C(=O)O. The van der Waals surface area contributed by atoms with Crippen LogP contribution >= 0.6 is 0 Å². The fraction of sp³-hybridized carbons (Fsp3) is 0.286. The van der Waals surface area contributed by atoms with E-state index >= 15 is 0 Å². The smallest absolute Gasteiger partial charge is 0.306 e. The number of nitrogens with one attached hydrogen (secondary N) is 2. The van der Waals surface area contributed by atoms with Crippen molar-refractivity contribution in [1.29, 1.82) is 0 Å². The average Bonchev–Trinajstić information content (AvgIpc) is 2.64. The summed E-state index contributed by atoms with van der Waals surface area (Å²) in [5, 5.41) is 14.4. The lowest BCUT2D eigenvalue weighted by Crippen LogP contribution is -2.28. The topological polar surface area (TPSA) is 95.5 Å². The first-order valence-electron chi connectivity index (χ1n) is 8.86. The fourth-order valence-corrected chi connectivity index (χ4v) is 2.55. The molecule has 0 aliphatic carbocycles. The molecule has 0 saturated carbocycles. The summed E-state index contributed by atoms with van der Waals surface area (Å²) >= 11 is 0. The van der Waals surface area contributed by atoms with Gasteiger partial charge in [0, 0.05) is 18.7 Å². The third kappa shape index (κ3) is 7.32. The zero-order valence-electron chi connectivity index (χ0n) is 15.3. The monoisotopic (exact) mass is 368 g/mol. The molecule has 6 heteroatoms. The third-order valence-corrected chi connectivity index (χ3v) is 4.08. The van der Waals surface area contributed by atoms with Gasteiger partial charge in [-0.05, 0) is 29.7 Å². The van der Waals surface area contributed by atoms with Gasteiger partial charge in [0.05, 0.1) is 12.3 Å². The van der Waals surface area contributed by atoms with Crippen molar-refractivity contribution in [2.24, 2.45) is 5.92 Å². The van der Waals surface area contributed by atoms with Gasteiger partial charge in [-0.3, -0.25) is 14.4 Å². The van der Waals surface area contributed by atoms with Crippen LogP contribution in [-0.4, -0.2) is 29.4 Å². The number of benzene rings is 2. The predicted octanol–water partition coefficient (Wildman–Crippen LogP) is 2.64. The predicted molar refractivity (Wildman–Crippen MR) is 103 cm³/mol. The highest BCUT2D eigenvalue weighted by Gasteiger charge is 2.11. The summed E-state index contributed by atoms with van der Waals surface area (Å²) in [5.74, 6) is -1.60. The number of aliphatic carboxylic acids is 1. The zero-order chi connectivity index (χ0) is 19.6. The van der Waals surface area contributed by atoms with Crippen molar-refractivity contribution < 1.29 is 19.5 Å². The number of rotatable bonds is 9. The molecular formula is C21H24N2O4. The summed E-state index contributed by atoms with van der Waals surface area (Å²) in [5.41, 5.74) is 2.47. The van der Waals surface area contributed by atoms with E-state index in [-0.39, 0.29) is 24.8 Å². The minimum atomic E-state index is -0.832. The second kappa shape index (κ2) is 10.1. The van der Waals surface area contributed by atoms with E-state index in [9.17, 15) is 14.4 Å². The van der Waals surface area contributed by atoms with Crippen LogP contribution in [0.15, 0.2) is 54.6 Å². The minimum absolute atomic E-state index is 0.120. The van der Waals surface area contributed by atoms with Gasteiger partial charge >= 0.3 is 5.97 Å². The molecule has 1 unspecified atom stereocenters. The Kier molecular flexibility index (Phi) is 7.55. The minimum Gasteiger partial charge on any atom is -0.481 e. The van der Waals surface area contributed by atoms with Gasteiger partial charge in [0.2, 0.25) is 11.8 Å². The Labute approximate surface area is 158 Å². The number of carboxylic acid groups (broad SMARTS) is 1. The molecule has 0 saturated heterocycles. The van der Waals surface area contributed by atoms with Crippen LogP contribution in [0.25, 0.3) is 0 Å². The van der Waals surface area contributed by atoms with Gasteiger partial charge in [-0.15, -0.1) is 0 Å². The van der Waals surface area contributed by atoms with Gasteiger partial charge in [-0.1, -0.05) is 49.4 Å². The first kappa shape index (κ1) is 20.2. The number of carboxylic acids is 1. The lowest BCUT2D eigenvalue weighted by Gasteiger charge is -2.09. The molecule has 0 aromatic heterocycles. The summed E-state index contributed by atoms with van der Waals surface area (Å²) in [7, 11) is 0. The van der Waals surface area contributed by atoms with Gasteiger partial charge in [0.25, 0.3) is 0 Å². The molecule has 27 heavy (non-hydrogen) atoms. The second-order valence-corrected chi connectivity index (χ2v) is 6.45. The first-order valence-corrected chi connectivity index (χ1v) is 8.86. The van der Waals surface area contributed by atoms with E-state index < -0.39 is 11.9 Å². The maximum absolute atomic E-state index is 12.0. The lowest BCUT2D eigenvalue weighted by molar-refractivity contribution is -0.141. The summed E-state index contributed by atoms with van der Waals surface area (Å²) in [4.78, 5) is 34.7. The van der Waals surface area contributed by atoms with Gasteiger partial charge in [-0.2, -0.15) is 0 Å². The van der Waals surface area contributed by atoms with Crippen molar-refractivity contribution in [3.05, 3.63) is 65.7 Å². The van der Waals surface area contributed by atoms with Crippen LogP contribution in [0.3, 0.4) is 0 Å². The molecule has 2 aromatic rings. The Bertz CT molecular complexity index is 773. The van der Waals surface area contributed by atoms with Crippen molar-refractivity contribution in [2.75, 3.05) is 11.9 Å². The van der Waals surface area contributed by atoms with Crippen LogP contribution < -0.4 is 10.6 Å². The average molecular weight is 368 g/mol. The molecule has 0 aliphatic rings. The van der Waals surface area contributed by atoms with E-state index in [1.807, 2.05) is 30.3 Å². The Hall–Kier alpha value is -3.15. The Morgan fingerprint density at radius 2 is 1.59 bits per heavy atom. The second-order valence-electron chi connectivity index (χ2n) is 6.45. The van der Waals surface area contributed by atoms with E-state index in [0.717, 1.165) is 11.1 Å². The molecular weight excluding hydrogens is 344 g/mol. The van der Waals surface area contributed by atoms with Gasteiger partial charge in [0.1, 0.15) is 0 Å². The molecule has 6 nitrogen and oxygen atoms in total. The van der Waals surface area contributed by atoms with Gasteiger partial charge in [0.15, 0.2) is 0 Å². The molecule has 0 aliphatic heterocycles. The largest absolute Gasteiger partial charge is 0.481 e. The molecule has 0 spiro atoms. The van der Waals surface area contributed by atoms with Crippen LogP contribution in [-0.2, 0) is 27.2 Å². The van der Waals surface area contributed by atoms with Crippen molar-refractivity contribution in [1.82, 2.24) is 5.32 Å². The highest BCUT2D eigenvalue weighted by molar-refractivity contribution is 5.91. The number of amides is 2. The van der Waals surface area contributed by atoms with Gasteiger partial charge in [-0.25, -0.2) is 0 Å². The Morgan fingerprint density at radius 3 is 2.22 bits per heavy atom. The standard InChI is InChI=1S/C21H24N2O4/c1-15(21(26)27)13-17-7-9-18(10-8-17)23-19(24)11-12-22-20(25)14-16-5-3-2-4-6-16/h2-10,15H,11-14H2,1H3,(H,22,25)(H,23,24)(H,26,27). The highest BCUT2D eigenvalue weighted by Crippen LogP contribution is 2.13. The van der Waals surface area contributed by atoms with Crippen LogP contribution in [0.1, 0.15) is 24.5 Å². The number of carbonyl (C=O) groups excluding carboxylic acids is 2. The zero-order valence-corrected chi connectivity index (χ0v) is 15.3. The lowest BCUT2D eigenvalue weighted by atomic mass is 10.0. The number of carbonyl (C=O) groups is 3. The van der Waals surface area contributed by atoms with E-state index in [4.69, 9.17) is 5.11 Å². The summed E-state index contributed by atoms with van der Waals surface area (Å²) in [6.45, 7) is 1.93. The number of anilines is 1. The molecule has 0 fully saturated rings. The van der Waals surface area contributed by atoms with Crippen molar-refractivity contribution in [3.8, 4) is 0 Å². The summed E-state index contributed by atoms with van der Waals surface area (Å²) in [6, 6.07) is 16.5. The van der Waals surface area contributed by atoms with Crippen LogP contribution in [0, 0.1) is 5.92 Å². The maximum Gasteiger partial charge on any atom is 0.306 e. The van der Waals surface area contributed by atoms with Crippen LogP contribution in [0.2, 0.25) is 0 Å². The molecule has 142 valence electrons. The van der Waals surface area contributed by atoms with E-state index in [2.05, 4.69) is 10.6 Å². The quantitative estimate of drug-likeness (QED) is 0.634. The molecule has 0 heterocycles. The normalized spacial score (nSPS) is 11.4. The van der Waals surface area contributed by atoms with E-state index in [1.54, 1.807) is 31.2 Å². The van der Waals surface area contributed by atoms with Crippen molar-refractivity contribution in [3.63, 3.8) is 0 Å². The number of hydrogen-bond donors (Lipinski definition) is 3. The Balaban J connectivity index is 1.70. The third-order valence-electron chi connectivity index (χ3n) is 4.08. The fourth-order valence-electron chi connectivity index (χ4n) is 2.55. The molecule has 1 atom stereocenters. The molecule has 3 N–H and O–H groups in total. The maximum atomic E-state index is 12.0. The molecule has 2 aromatic carbocycles. The van der Waals surface area contributed by atoms with Crippen molar-refractivity contribution >= 4 is 23.5 Å². The van der Waals surface area contributed by atoms with Crippen LogP contribution in [0.4, 0.5) is 5.69 Å². The molecule has 2 rings (SSSR count). The number of hydrogen-bond acceptors (Lipinski definition) is 3. The van der Waals surface area contributed by atoms with Gasteiger partial charge < -0.3 is 15.7 Å². The van der Waals surface area contributed by atoms with Crippen molar-refractivity contribution in [2.45, 2.75) is 26.2 Å².